The van der Waals surface area contributed by atoms with Gasteiger partial charge in [0.05, 0.1) is 28.5 Å². The van der Waals surface area contributed by atoms with Crippen molar-refractivity contribution in [2.45, 2.75) is 6.92 Å². The summed E-state index contributed by atoms with van der Waals surface area (Å²) in [6.07, 6.45) is 1.70. The molecule has 2 N–H and O–H groups in total. The Morgan fingerprint density at radius 1 is 1.57 bits per heavy atom. The number of allylic oxidation sites excluding steroid dienone is 1. The van der Waals surface area contributed by atoms with Crippen LogP contribution in [0.2, 0.25) is 0 Å². The van der Waals surface area contributed by atoms with Gasteiger partial charge in [0.15, 0.2) is 3.95 Å². The first-order valence-corrected chi connectivity index (χ1v) is 7.12. The summed E-state index contributed by atoms with van der Waals surface area (Å²) in [5.74, 6) is 0.301. The molecule has 0 amide bonds. The largest absolute Gasteiger partial charge is 0.497 e. The first-order valence-electron chi connectivity index (χ1n) is 5.89. The van der Waals surface area contributed by atoms with Crippen molar-refractivity contribution in [2.24, 2.45) is 0 Å². The molecule has 0 aliphatic heterocycles. The fraction of sp³-hybridized carbons (Fsp3) is 0.154. The SMILES string of the molecule is C/C=C(/c1ccc(OC)cc1[N+](=O)[O-])c1sc(=S)[nH]c1O. The number of H-pyrrole nitrogens is 1. The maximum atomic E-state index is 11.3. The van der Waals surface area contributed by atoms with Crippen molar-refractivity contribution in [1.82, 2.24) is 4.98 Å². The number of methoxy groups -OCH3 is 1. The zero-order valence-electron chi connectivity index (χ0n) is 11.2. The van der Waals surface area contributed by atoms with E-state index in [1.807, 2.05) is 0 Å². The highest BCUT2D eigenvalue weighted by atomic mass is 32.1. The summed E-state index contributed by atoms with van der Waals surface area (Å²) in [5, 5.41) is 21.1. The molecule has 0 bridgehead atoms. The van der Waals surface area contributed by atoms with Crippen molar-refractivity contribution in [3.63, 3.8) is 0 Å². The van der Waals surface area contributed by atoms with Crippen molar-refractivity contribution < 1.29 is 14.8 Å². The van der Waals surface area contributed by atoms with Gasteiger partial charge in [0, 0.05) is 5.57 Å². The average Bonchev–Trinajstić information content (AvgIpc) is 2.78. The van der Waals surface area contributed by atoms with Gasteiger partial charge in [0.2, 0.25) is 5.88 Å². The number of hydrogen-bond donors (Lipinski definition) is 2. The molecule has 21 heavy (non-hydrogen) atoms. The Hall–Kier alpha value is -2.19. The number of thiazole rings is 1. The summed E-state index contributed by atoms with van der Waals surface area (Å²) >= 11 is 6.14. The number of aromatic nitrogens is 1. The zero-order valence-corrected chi connectivity index (χ0v) is 12.9. The van der Waals surface area contributed by atoms with Crippen molar-refractivity contribution in [3.8, 4) is 11.6 Å². The molecule has 0 aliphatic rings. The number of aromatic amines is 1. The second-order valence-corrected chi connectivity index (χ2v) is 5.72. The molecule has 0 unspecified atom stereocenters. The van der Waals surface area contributed by atoms with Gasteiger partial charge in [0.1, 0.15) is 5.75 Å². The van der Waals surface area contributed by atoms with Crippen LogP contribution in [0.3, 0.4) is 0 Å². The zero-order chi connectivity index (χ0) is 15.6. The predicted molar refractivity (Wildman–Crippen MR) is 83.6 cm³/mol. The quantitative estimate of drug-likeness (QED) is 0.506. The van der Waals surface area contributed by atoms with Gasteiger partial charge in [0.25, 0.3) is 5.69 Å². The molecule has 0 fully saturated rings. The number of nitrogens with zero attached hydrogens (tertiary/aromatic N) is 1. The topological polar surface area (TPSA) is 88.4 Å². The summed E-state index contributed by atoms with van der Waals surface area (Å²) in [5.41, 5.74) is 0.837. The van der Waals surface area contributed by atoms with E-state index in [-0.39, 0.29) is 11.6 Å². The van der Waals surface area contributed by atoms with E-state index in [0.717, 1.165) is 11.3 Å². The van der Waals surface area contributed by atoms with Gasteiger partial charge in [-0.2, -0.15) is 0 Å². The van der Waals surface area contributed by atoms with Crippen LogP contribution >= 0.6 is 23.6 Å². The lowest BCUT2D eigenvalue weighted by Crippen LogP contribution is -1.97. The van der Waals surface area contributed by atoms with E-state index in [1.165, 1.54) is 13.2 Å². The number of benzene rings is 1. The molecule has 0 saturated heterocycles. The van der Waals surface area contributed by atoms with Crippen LogP contribution in [0.5, 0.6) is 11.6 Å². The average molecular weight is 324 g/mol. The Morgan fingerprint density at radius 3 is 2.76 bits per heavy atom. The van der Waals surface area contributed by atoms with Crippen LogP contribution in [-0.2, 0) is 0 Å². The molecule has 1 aromatic carbocycles. The number of aromatic hydroxyl groups is 1. The number of nitro groups is 1. The van der Waals surface area contributed by atoms with Crippen molar-refractivity contribution >= 4 is 34.8 Å². The summed E-state index contributed by atoms with van der Waals surface area (Å²) in [6, 6.07) is 4.57. The Kier molecular flexibility index (Phi) is 4.39. The normalized spacial score (nSPS) is 11.4. The fourth-order valence-electron chi connectivity index (χ4n) is 1.93. The van der Waals surface area contributed by atoms with Gasteiger partial charge in [-0.25, -0.2) is 0 Å². The van der Waals surface area contributed by atoms with Crippen LogP contribution in [0.4, 0.5) is 5.69 Å². The molecule has 2 rings (SSSR count). The third-order valence-electron chi connectivity index (χ3n) is 2.86. The minimum Gasteiger partial charge on any atom is -0.497 e. The van der Waals surface area contributed by atoms with Gasteiger partial charge in [-0.1, -0.05) is 6.08 Å². The van der Waals surface area contributed by atoms with E-state index in [2.05, 4.69) is 4.98 Å². The van der Waals surface area contributed by atoms with E-state index in [1.54, 1.807) is 25.1 Å². The molecule has 1 heterocycles. The molecule has 0 saturated carbocycles. The summed E-state index contributed by atoms with van der Waals surface area (Å²) < 4.78 is 5.41. The third-order valence-corrected chi connectivity index (χ3v) is 4.11. The molecule has 110 valence electrons. The van der Waals surface area contributed by atoms with E-state index >= 15 is 0 Å². The Bertz CT molecular complexity index is 777. The van der Waals surface area contributed by atoms with Crippen LogP contribution in [0.25, 0.3) is 5.57 Å². The van der Waals surface area contributed by atoms with Crippen LogP contribution in [-0.4, -0.2) is 22.1 Å². The number of rotatable bonds is 4. The number of nitrogens with one attached hydrogen (secondary N) is 1. The number of hydrogen-bond acceptors (Lipinski definition) is 6. The molecule has 8 heteroatoms. The van der Waals surface area contributed by atoms with E-state index in [4.69, 9.17) is 17.0 Å². The second kappa shape index (κ2) is 6.06. The second-order valence-electron chi connectivity index (χ2n) is 4.03. The van der Waals surface area contributed by atoms with Gasteiger partial charge >= 0.3 is 0 Å². The summed E-state index contributed by atoms with van der Waals surface area (Å²) in [4.78, 5) is 13.9. The minimum atomic E-state index is -0.482. The van der Waals surface area contributed by atoms with Gasteiger partial charge in [-0.3, -0.25) is 10.1 Å². The van der Waals surface area contributed by atoms with Crippen LogP contribution in [0, 0.1) is 14.1 Å². The Morgan fingerprint density at radius 2 is 2.29 bits per heavy atom. The van der Waals surface area contributed by atoms with Gasteiger partial charge in [-0.05, 0) is 31.3 Å². The Labute approximate surface area is 129 Å². The fourth-order valence-corrected chi connectivity index (χ4v) is 3.09. The van der Waals surface area contributed by atoms with E-state index < -0.39 is 4.92 Å². The molecular weight excluding hydrogens is 312 g/mol. The lowest BCUT2D eigenvalue weighted by Gasteiger charge is -2.08. The molecule has 0 atom stereocenters. The lowest BCUT2D eigenvalue weighted by atomic mass is 10.0. The van der Waals surface area contributed by atoms with Crippen LogP contribution in [0.1, 0.15) is 17.4 Å². The summed E-state index contributed by atoms with van der Waals surface area (Å²) in [7, 11) is 1.44. The van der Waals surface area contributed by atoms with Gasteiger partial charge in [-0.15, -0.1) is 11.3 Å². The lowest BCUT2D eigenvalue weighted by molar-refractivity contribution is -0.385. The molecule has 1 aromatic heterocycles. The monoisotopic (exact) mass is 324 g/mol. The molecule has 0 spiro atoms. The molecule has 2 aromatic rings. The van der Waals surface area contributed by atoms with Crippen LogP contribution < -0.4 is 4.74 Å². The number of nitro benzene ring substituents is 1. The highest BCUT2D eigenvalue weighted by Crippen LogP contribution is 2.38. The third kappa shape index (κ3) is 2.96. The molecular formula is C13H12N2O4S2. The van der Waals surface area contributed by atoms with Crippen molar-refractivity contribution in [3.05, 3.63) is 48.8 Å². The van der Waals surface area contributed by atoms with Crippen molar-refractivity contribution in [1.29, 1.82) is 0 Å². The maximum absolute atomic E-state index is 11.3. The maximum Gasteiger partial charge on any atom is 0.280 e. The highest BCUT2D eigenvalue weighted by Gasteiger charge is 2.22. The molecule has 0 radical (unpaired) electrons. The predicted octanol–water partition coefficient (Wildman–Crippen LogP) is 3.88. The van der Waals surface area contributed by atoms with E-state index in [0.29, 0.717) is 25.7 Å². The summed E-state index contributed by atoms with van der Waals surface area (Å²) in [6.45, 7) is 1.74. The van der Waals surface area contributed by atoms with Crippen LogP contribution in [0.15, 0.2) is 24.3 Å². The number of ether oxygens (including phenoxy) is 1. The van der Waals surface area contributed by atoms with Gasteiger partial charge < -0.3 is 14.8 Å². The first-order chi connectivity index (χ1) is 9.97. The first kappa shape index (κ1) is 15.2. The highest BCUT2D eigenvalue weighted by molar-refractivity contribution is 7.73. The molecule has 6 nitrogen and oxygen atoms in total. The molecule has 0 aliphatic carbocycles. The minimum absolute atomic E-state index is 0.0942. The smallest absolute Gasteiger partial charge is 0.280 e. The van der Waals surface area contributed by atoms with E-state index in [9.17, 15) is 15.2 Å². The standard InChI is InChI=1S/C13H12N2O4S2/c1-3-8(11-12(16)14-13(20)21-11)9-5-4-7(19-2)6-10(9)15(17)18/h3-6,16H,1-2H3,(H,14,20)/b8-3-. The van der Waals surface area contributed by atoms with Crippen molar-refractivity contribution in [2.75, 3.05) is 7.11 Å². The Balaban J connectivity index is 2.66.